The first-order valence-electron chi connectivity index (χ1n) is 5.81. The number of anilines is 1. The van der Waals surface area contributed by atoms with Crippen molar-refractivity contribution < 1.29 is 4.79 Å². The van der Waals surface area contributed by atoms with E-state index in [2.05, 4.69) is 10.3 Å². The Kier molecular flexibility index (Phi) is 4.04. The van der Waals surface area contributed by atoms with Crippen molar-refractivity contribution in [3.63, 3.8) is 0 Å². The Bertz CT molecular complexity index is 452. The van der Waals surface area contributed by atoms with Crippen molar-refractivity contribution in [2.45, 2.75) is 12.8 Å². The Balaban J connectivity index is 1.95. The third-order valence-corrected chi connectivity index (χ3v) is 2.99. The normalized spacial score (nSPS) is 15.8. The van der Waals surface area contributed by atoms with Gasteiger partial charge in [0.15, 0.2) is 0 Å². The van der Waals surface area contributed by atoms with Gasteiger partial charge in [-0.05, 0) is 37.1 Å². The number of nitrogens with one attached hydrogen (secondary N) is 1. The third-order valence-electron chi connectivity index (χ3n) is 2.74. The van der Waals surface area contributed by atoms with Gasteiger partial charge >= 0.3 is 6.03 Å². The summed E-state index contributed by atoms with van der Waals surface area (Å²) in [6.45, 7) is 1.73. The average Bonchev–Trinajstić information content (AvgIpc) is 2.85. The van der Waals surface area contributed by atoms with E-state index in [4.69, 9.17) is 17.3 Å². The first kappa shape index (κ1) is 12.7. The monoisotopic (exact) mass is 266 g/mol. The fourth-order valence-corrected chi connectivity index (χ4v) is 1.93. The summed E-state index contributed by atoms with van der Waals surface area (Å²) in [5.74, 6) is 0.277. The van der Waals surface area contributed by atoms with Crippen LogP contribution in [0.2, 0.25) is 5.02 Å². The van der Waals surface area contributed by atoms with Crippen LogP contribution in [0.5, 0.6) is 0 Å². The van der Waals surface area contributed by atoms with Gasteiger partial charge in [0, 0.05) is 23.8 Å². The van der Waals surface area contributed by atoms with E-state index in [0.717, 1.165) is 25.9 Å². The fourth-order valence-electron chi connectivity index (χ4n) is 1.81. The Labute approximate surface area is 111 Å². The number of amides is 2. The lowest BCUT2D eigenvalue weighted by Crippen LogP contribution is -2.36. The maximum Gasteiger partial charge on any atom is 0.348 e. The molecule has 0 aromatic heterocycles. The molecule has 0 spiro atoms. The summed E-state index contributed by atoms with van der Waals surface area (Å²) < 4.78 is 0. The molecule has 0 unspecified atom stereocenters. The minimum absolute atomic E-state index is 0.277. The van der Waals surface area contributed by atoms with E-state index in [1.165, 1.54) is 0 Å². The lowest BCUT2D eigenvalue weighted by molar-refractivity contribution is 0.259. The van der Waals surface area contributed by atoms with Crippen molar-refractivity contribution in [1.82, 2.24) is 4.90 Å². The highest BCUT2D eigenvalue weighted by Gasteiger charge is 2.14. The summed E-state index contributed by atoms with van der Waals surface area (Å²) in [5, 5.41) is 3.25. The van der Waals surface area contributed by atoms with Crippen molar-refractivity contribution >= 4 is 29.3 Å². The van der Waals surface area contributed by atoms with E-state index >= 15 is 0 Å². The van der Waals surface area contributed by atoms with Crippen molar-refractivity contribution in [1.29, 1.82) is 0 Å². The molecule has 0 aliphatic carbocycles. The second kappa shape index (κ2) is 5.73. The highest BCUT2D eigenvalue weighted by Crippen LogP contribution is 2.13. The van der Waals surface area contributed by atoms with Crippen molar-refractivity contribution in [3.05, 3.63) is 29.3 Å². The van der Waals surface area contributed by atoms with Crippen LogP contribution in [-0.4, -0.2) is 30.0 Å². The maximum atomic E-state index is 11.6. The van der Waals surface area contributed by atoms with Gasteiger partial charge in [-0.25, -0.2) is 4.79 Å². The van der Waals surface area contributed by atoms with Gasteiger partial charge in [0.2, 0.25) is 5.96 Å². The van der Waals surface area contributed by atoms with Crippen LogP contribution in [-0.2, 0) is 0 Å². The molecule has 5 nitrogen and oxygen atoms in total. The van der Waals surface area contributed by atoms with E-state index < -0.39 is 6.03 Å². The molecule has 1 aromatic rings. The number of aliphatic imine (C=N–C) groups is 1. The Morgan fingerprint density at radius 2 is 1.89 bits per heavy atom. The number of guanidine groups is 1. The molecule has 18 heavy (non-hydrogen) atoms. The van der Waals surface area contributed by atoms with E-state index in [-0.39, 0.29) is 5.96 Å². The smallest absolute Gasteiger partial charge is 0.348 e. The lowest BCUT2D eigenvalue weighted by atomic mass is 10.3. The van der Waals surface area contributed by atoms with Gasteiger partial charge in [0.25, 0.3) is 0 Å². The molecule has 96 valence electrons. The molecule has 6 heteroatoms. The second-order valence-electron chi connectivity index (χ2n) is 4.10. The largest absolute Gasteiger partial charge is 0.369 e. The molecule has 0 atom stereocenters. The SMILES string of the molecule is NC(=NC(=O)Nc1ccc(Cl)cc1)N1CCCC1. The fraction of sp³-hybridized carbons (Fsp3) is 0.333. The van der Waals surface area contributed by atoms with Crippen molar-refractivity contribution in [2.75, 3.05) is 18.4 Å². The number of likely N-dealkylation sites (tertiary alicyclic amines) is 1. The van der Waals surface area contributed by atoms with Crippen LogP contribution in [0.3, 0.4) is 0 Å². The molecule has 1 fully saturated rings. The Morgan fingerprint density at radius 3 is 2.50 bits per heavy atom. The van der Waals surface area contributed by atoms with Gasteiger partial charge < -0.3 is 16.0 Å². The summed E-state index contributed by atoms with van der Waals surface area (Å²) in [6.07, 6.45) is 2.18. The second-order valence-corrected chi connectivity index (χ2v) is 4.54. The minimum atomic E-state index is -0.471. The molecule has 1 saturated heterocycles. The van der Waals surface area contributed by atoms with Crippen molar-refractivity contribution in [3.8, 4) is 0 Å². The number of hydrogen-bond acceptors (Lipinski definition) is 1. The number of carbonyl (C=O) groups is 1. The standard InChI is InChI=1S/C12H15ClN4O/c13-9-3-5-10(6-4-9)15-12(18)16-11(14)17-7-1-2-8-17/h3-6H,1-2,7-8H2,(H3,14,15,16,18). The van der Waals surface area contributed by atoms with E-state index in [1.807, 2.05) is 4.90 Å². The minimum Gasteiger partial charge on any atom is -0.369 e. The maximum absolute atomic E-state index is 11.6. The first-order valence-corrected chi connectivity index (χ1v) is 6.18. The molecular formula is C12H15ClN4O. The number of nitrogens with zero attached hydrogens (tertiary/aromatic N) is 2. The van der Waals surface area contributed by atoms with E-state index in [1.54, 1.807) is 24.3 Å². The lowest BCUT2D eigenvalue weighted by Gasteiger charge is -2.15. The van der Waals surface area contributed by atoms with Crippen LogP contribution in [0, 0.1) is 0 Å². The quantitative estimate of drug-likeness (QED) is 0.605. The third kappa shape index (κ3) is 3.37. The number of hydrogen-bond donors (Lipinski definition) is 2. The topological polar surface area (TPSA) is 70.7 Å². The zero-order chi connectivity index (χ0) is 13.0. The summed E-state index contributed by atoms with van der Waals surface area (Å²) in [6, 6.07) is 6.35. The highest BCUT2D eigenvalue weighted by atomic mass is 35.5. The van der Waals surface area contributed by atoms with Crippen molar-refractivity contribution in [2.24, 2.45) is 10.7 Å². The number of urea groups is 1. The van der Waals surface area contributed by atoms with Gasteiger partial charge in [0.05, 0.1) is 0 Å². The van der Waals surface area contributed by atoms with Crippen LogP contribution in [0.4, 0.5) is 10.5 Å². The number of nitrogens with two attached hydrogens (primary N) is 1. The Morgan fingerprint density at radius 1 is 1.28 bits per heavy atom. The van der Waals surface area contributed by atoms with Crippen LogP contribution >= 0.6 is 11.6 Å². The molecule has 1 aromatic carbocycles. The summed E-state index contributed by atoms with van der Waals surface area (Å²) in [4.78, 5) is 17.3. The summed E-state index contributed by atoms with van der Waals surface area (Å²) >= 11 is 5.75. The molecular weight excluding hydrogens is 252 g/mol. The molecule has 2 amide bonds. The predicted octanol–water partition coefficient (Wildman–Crippen LogP) is 2.28. The number of benzene rings is 1. The van der Waals surface area contributed by atoms with Crippen LogP contribution in [0.25, 0.3) is 0 Å². The summed E-state index contributed by atoms with van der Waals surface area (Å²) in [7, 11) is 0. The van der Waals surface area contributed by atoms with Gasteiger partial charge in [-0.3, -0.25) is 0 Å². The predicted molar refractivity (Wildman–Crippen MR) is 72.9 cm³/mol. The molecule has 0 bridgehead atoms. The molecule has 1 heterocycles. The van der Waals surface area contributed by atoms with Gasteiger partial charge in [-0.2, -0.15) is 4.99 Å². The average molecular weight is 267 g/mol. The number of carbonyl (C=O) groups excluding carboxylic acids is 1. The molecule has 2 rings (SSSR count). The molecule has 1 aliphatic heterocycles. The van der Waals surface area contributed by atoms with Gasteiger partial charge in [-0.1, -0.05) is 11.6 Å². The van der Waals surface area contributed by atoms with E-state index in [9.17, 15) is 4.79 Å². The van der Waals surface area contributed by atoms with Crippen LogP contribution in [0.1, 0.15) is 12.8 Å². The van der Waals surface area contributed by atoms with Gasteiger partial charge in [0.1, 0.15) is 0 Å². The summed E-state index contributed by atoms with van der Waals surface area (Å²) in [5.41, 5.74) is 6.39. The molecule has 3 N–H and O–H groups in total. The molecule has 0 radical (unpaired) electrons. The number of rotatable bonds is 1. The Hall–Kier alpha value is -1.75. The highest BCUT2D eigenvalue weighted by molar-refractivity contribution is 6.30. The molecule has 0 saturated carbocycles. The van der Waals surface area contributed by atoms with Crippen LogP contribution < -0.4 is 11.1 Å². The first-order chi connectivity index (χ1) is 8.65. The number of halogens is 1. The molecule has 1 aliphatic rings. The van der Waals surface area contributed by atoms with E-state index in [0.29, 0.717) is 10.7 Å². The zero-order valence-corrected chi connectivity index (χ0v) is 10.7. The van der Waals surface area contributed by atoms with Crippen LogP contribution in [0.15, 0.2) is 29.3 Å². The van der Waals surface area contributed by atoms with Gasteiger partial charge in [-0.15, -0.1) is 0 Å². The zero-order valence-electron chi connectivity index (χ0n) is 9.90.